The first-order chi connectivity index (χ1) is 23.3. The van der Waals surface area contributed by atoms with Crippen LogP contribution < -0.4 is 20.1 Å². The van der Waals surface area contributed by atoms with Gasteiger partial charge in [0.1, 0.15) is 11.4 Å². The molecule has 0 radical (unpaired) electrons. The van der Waals surface area contributed by atoms with Crippen LogP contribution in [0.1, 0.15) is 47.3 Å². The zero-order valence-electron chi connectivity index (χ0n) is 25.5. The van der Waals surface area contributed by atoms with Crippen LogP contribution in [-0.4, -0.2) is 53.5 Å². The number of esters is 1. The highest BCUT2D eigenvalue weighted by Crippen LogP contribution is 2.36. The van der Waals surface area contributed by atoms with E-state index in [0.717, 1.165) is 32.4 Å². The average Bonchev–Trinajstić information content (AvgIpc) is 3.42. The summed E-state index contributed by atoms with van der Waals surface area (Å²) < 4.78 is 65.4. The third-order valence-electron chi connectivity index (χ3n) is 7.58. The number of hydrogen-bond donors (Lipinski definition) is 3. The van der Waals surface area contributed by atoms with E-state index in [2.05, 4.69) is 25.3 Å². The first-order valence-electron chi connectivity index (χ1n) is 14.9. The van der Waals surface area contributed by atoms with Crippen LogP contribution in [0.4, 0.5) is 23.2 Å². The van der Waals surface area contributed by atoms with Crippen LogP contribution in [0.15, 0.2) is 48.5 Å². The summed E-state index contributed by atoms with van der Waals surface area (Å²) in [6, 6.07) is 12.6. The number of halogens is 6. The molecule has 1 saturated heterocycles. The number of fused-ring (bicyclic) bond motifs is 1. The molecule has 49 heavy (non-hydrogen) atoms. The fourth-order valence-corrected chi connectivity index (χ4v) is 5.61. The number of likely N-dealkylation sites (tertiary alicyclic amines) is 1. The van der Waals surface area contributed by atoms with Crippen molar-refractivity contribution in [3.05, 3.63) is 81.2 Å². The maximum Gasteiger partial charge on any atom is 0.491 e. The van der Waals surface area contributed by atoms with Crippen molar-refractivity contribution in [2.24, 2.45) is 0 Å². The Bertz CT molecular complexity index is 1950. The average molecular weight is 721 g/mol. The number of amides is 2. The zero-order valence-corrected chi connectivity index (χ0v) is 27.0. The molecular formula is C33H27Cl2F4N5O5. The number of aromatic nitrogens is 1. The van der Waals surface area contributed by atoms with Gasteiger partial charge in [0.25, 0.3) is 5.91 Å². The summed E-state index contributed by atoms with van der Waals surface area (Å²) in [6.45, 7) is 1.83. The minimum atomic E-state index is -5.39. The van der Waals surface area contributed by atoms with Crippen molar-refractivity contribution in [1.82, 2.24) is 15.2 Å². The summed E-state index contributed by atoms with van der Waals surface area (Å²) in [5.74, 6) is -6.10. The Kier molecular flexibility index (Phi) is 11.0. The number of H-pyrrole nitrogens is 1. The standard InChI is InChI=1S/C33H27Cl2F4N5O5/c34-20-12-18(16-40)13-22(14-20)48-30-24(35)6-4-19(27(30)36)17-41-31(46)28-29(49-32(47)33(37,38)39)23-15-21(5-7-25(23)43-28)42-26(45)8-11-44-9-2-1-3-10-44/h4-7,12-15,43H,1-3,8-11,17H2,(H,41,46)(H,42,45). The van der Waals surface area contributed by atoms with Crippen LogP contribution in [-0.2, 0) is 16.1 Å². The minimum Gasteiger partial charge on any atom is -0.453 e. The molecule has 0 aliphatic carbocycles. The maximum absolute atomic E-state index is 15.5. The van der Waals surface area contributed by atoms with Gasteiger partial charge in [-0.3, -0.25) is 9.59 Å². The summed E-state index contributed by atoms with van der Waals surface area (Å²) in [6.07, 6.45) is -1.95. The van der Waals surface area contributed by atoms with Crippen LogP contribution in [0.25, 0.3) is 10.9 Å². The molecule has 0 spiro atoms. The fourth-order valence-electron chi connectivity index (χ4n) is 5.20. The van der Waals surface area contributed by atoms with Gasteiger partial charge in [0.15, 0.2) is 17.3 Å². The molecule has 0 atom stereocenters. The van der Waals surface area contributed by atoms with E-state index in [1.165, 1.54) is 48.5 Å². The molecule has 3 N–H and O–H groups in total. The molecule has 0 saturated carbocycles. The van der Waals surface area contributed by atoms with Crippen molar-refractivity contribution >= 4 is 57.6 Å². The summed E-state index contributed by atoms with van der Waals surface area (Å²) in [7, 11) is 0. The molecule has 16 heteroatoms. The largest absolute Gasteiger partial charge is 0.491 e. The zero-order chi connectivity index (χ0) is 35.3. The predicted octanol–water partition coefficient (Wildman–Crippen LogP) is 7.49. The van der Waals surface area contributed by atoms with Crippen molar-refractivity contribution < 1.29 is 41.4 Å². The van der Waals surface area contributed by atoms with Gasteiger partial charge in [0, 0.05) is 41.2 Å². The van der Waals surface area contributed by atoms with Gasteiger partial charge >= 0.3 is 12.1 Å². The van der Waals surface area contributed by atoms with E-state index in [0.29, 0.717) is 6.54 Å². The first-order valence-corrected chi connectivity index (χ1v) is 15.7. The Balaban J connectivity index is 1.36. The van der Waals surface area contributed by atoms with Crippen molar-refractivity contribution in [1.29, 1.82) is 5.26 Å². The van der Waals surface area contributed by atoms with Crippen molar-refractivity contribution in [2.45, 2.75) is 38.4 Å². The van der Waals surface area contributed by atoms with E-state index in [-0.39, 0.29) is 55.8 Å². The first kappa shape index (κ1) is 35.5. The highest BCUT2D eigenvalue weighted by Gasteiger charge is 2.42. The molecule has 2 heterocycles. The van der Waals surface area contributed by atoms with Crippen LogP contribution in [0, 0.1) is 17.1 Å². The van der Waals surface area contributed by atoms with Crippen molar-refractivity contribution in [3.8, 4) is 23.3 Å². The lowest BCUT2D eigenvalue weighted by Gasteiger charge is -2.25. The smallest absolute Gasteiger partial charge is 0.453 e. The van der Waals surface area contributed by atoms with Gasteiger partial charge in [-0.2, -0.15) is 18.4 Å². The van der Waals surface area contributed by atoms with Gasteiger partial charge in [-0.05, 0) is 68.4 Å². The third-order valence-corrected chi connectivity index (χ3v) is 8.10. The van der Waals surface area contributed by atoms with Gasteiger partial charge in [0.05, 0.1) is 22.2 Å². The molecule has 1 aliphatic heterocycles. The summed E-state index contributed by atoms with van der Waals surface area (Å²) in [4.78, 5) is 42.6. The SMILES string of the molecule is N#Cc1cc(Cl)cc(Oc2c(Cl)ccc(CNC(=O)c3[nH]c4ccc(NC(=O)CCN5CCCCC5)cc4c3OC(=O)C(F)(F)F)c2F)c1. The molecule has 1 aliphatic rings. The van der Waals surface area contributed by atoms with Crippen LogP contribution >= 0.6 is 23.2 Å². The molecule has 3 aromatic carbocycles. The predicted molar refractivity (Wildman–Crippen MR) is 172 cm³/mol. The van der Waals surface area contributed by atoms with E-state index >= 15 is 4.39 Å². The van der Waals surface area contributed by atoms with Gasteiger partial charge in [-0.25, -0.2) is 9.18 Å². The Hall–Kier alpha value is -4.84. The Morgan fingerprint density at radius 2 is 1.76 bits per heavy atom. The minimum absolute atomic E-state index is 0.0118. The van der Waals surface area contributed by atoms with Crippen LogP contribution in [0.3, 0.4) is 0 Å². The topological polar surface area (TPSA) is 137 Å². The van der Waals surface area contributed by atoms with E-state index in [1.807, 2.05) is 6.07 Å². The molecule has 5 rings (SSSR count). The molecule has 10 nitrogen and oxygen atoms in total. The monoisotopic (exact) mass is 719 g/mol. The molecular weight excluding hydrogens is 693 g/mol. The molecule has 1 aromatic heterocycles. The van der Waals surface area contributed by atoms with Crippen molar-refractivity contribution in [3.63, 3.8) is 0 Å². The quantitative estimate of drug-likeness (QED) is 0.114. The number of aromatic amines is 1. The van der Waals surface area contributed by atoms with E-state index < -0.39 is 47.6 Å². The van der Waals surface area contributed by atoms with Gasteiger partial charge in [-0.15, -0.1) is 0 Å². The molecule has 256 valence electrons. The lowest BCUT2D eigenvalue weighted by molar-refractivity contribution is -0.189. The summed E-state index contributed by atoms with van der Waals surface area (Å²) in [5.41, 5.74) is -0.230. The molecule has 1 fully saturated rings. The maximum atomic E-state index is 15.5. The number of hydrogen-bond acceptors (Lipinski definition) is 7. The van der Waals surface area contributed by atoms with Crippen LogP contribution in [0.2, 0.25) is 10.0 Å². The Morgan fingerprint density at radius 1 is 1.00 bits per heavy atom. The number of benzene rings is 3. The van der Waals surface area contributed by atoms with Crippen LogP contribution in [0.5, 0.6) is 17.2 Å². The second-order valence-corrected chi connectivity index (χ2v) is 11.9. The van der Waals surface area contributed by atoms with E-state index in [9.17, 15) is 32.8 Å². The number of carbonyl (C=O) groups is 3. The number of rotatable bonds is 10. The van der Waals surface area contributed by atoms with E-state index in [1.54, 1.807) is 0 Å². The second kappa shape index (κ2) is 15.1. The number of piperidine rings is 1. The molecule has 4 aromatic rings. The van der Waals surface area contributed by atoms with Gasteiger partial charge in [-0.1, -0.05) is 35.7 Å². The number of carbonyl (C=O) groups excluding carboxylic acids is 3. The number of nitrogens with zero attached hydrogens (tertiary/aromatic N) is 2. The normalized spacial score (nSPS) is 13.5. The lowest BCUT2D eigenvalue weighted by Crippen LogP contribution is -2.32. The number of nitrogens with one attached hydrogen (secondary N) is 3. The molecule has 0 unspecified atom stereocenters. The highest BCUT2D eigenvalue weighted by molar-refractivity contribution is 6.32. The summed E-state index contributed by atoms with van der Waals surface area (Å²) >= 11 is 12.1. The number of nitriles is 1. The number of alkyl halides is 3. The lowest BCUT2D eigenvalue weighted by atomic mass is 10.1. The number of anilines is 1. The van der Waals surface area contributed by atoms with Gasteiger partial charge in [0.2, 0.25) is 5.91 Å². The van der Waals surface area contributed by atoms with Crippen molar-refractivity contribution in [2.75, 3.05) is 25.0 Å². The molecule has 0 bridgehead atoms. The van der Waals surface area contributed by atoms with Gasteiger partial charge < -0.3 is 30.0 Å². The second-order valence-electron chi connectivity index (χ2n) is 11.1. The Morgan fingerprint density at radius 3 is 2.47 bits per heavy atom. The van der Waals surface area contributed by atoms with E-state index in [4.69, 9.17) is 27.9 Å². The highest BCUT2D eigenvalue weighted by atomic mass is 35.5. The number of ether oxygens (including phenoxy) is 2. The fraction of sp³-hybridized carbons (Fsp3) is 0.273. The Labute approximate surface area is 286 Å². The molecule has 2 amide bonds. The third kappa shape index (κ3) is 8.80. The summed E-state index contributed by atoms with van der Waals surface area (Å²) in [5, 5.41) is 14.2.